The van der Waals surface area contributed by atoms with E-state index < -0.39 is 0 Å². The summed E-state index contributed by atoms with van der Waals surface area (Å²) in [6.45, 7) is 4.11. The molecule has 0 aliphatic rings. The highest BCUT2D eigenvalue weighted by Gasteiger charge is 2.06. The Bertz CT molecular complexity index is 837. The SMILES string of the molecule is COc1cc(/C(C)=N/NC(=O)CCCOc2ccc(Cl)cc2C)ccc1O. The van der Waals surface area contributed by atoms with Gasteiger partial charge >= 0.3 is 0 Å². The van der Waals surface area contributed by atoms with E-state index in [1.165, 1.54) is 13.2 Å². The molecule has 144 valence electrons. The largest absolute Gasteiger partial charge is 0.504 e. The Morgan fingerprint density at radius 3 is 2.70 bits per heavy atom. The number of nitrogens with one attached hydrogen (secondary N) is 1. The lowest BCUT2D eigenvalue weighted by molar-refractivity contribution is -0.121. The van der Waals surface area contributed by atoms with Crippen LogP contribution >= 0.6 is 11.6 Å². The van der Waals surface area contributed by atoms with Crippen LogP contribution in [0.15, 0.2) is 41.5 Å². The van der Waals surface area contributed by atoms with Gasteiger partial charge in [-0.15, -0.1) is 0 Å². The summed E-state index contributed by atoms with van der Waals surface area (Å²) in [4.78, 5) is 11.9. The van der Waals surface area contributed by atoms with Gasteiger partial charge < -0.3 is 14.6 Å². The van der Waals surface area contributed by atoms with E-state index in [0.29, 0.717) is 35.9 Å². The van der Waals surface area contributed by atoms with E-state index in [1.807, 2.05) is 19.1 Å². The summed E-state index contributed by atoms with van der Waals surface area (Å²) < 4.78 is 10.7. The zero-order valence-electron chi connectivity index (χ0n) is 15.6. The predicted molar refractivity (Wildman–Crippen MR) is 106 cm³/mol. The lowest BCUT2D eigenvalue weighted by Crippen LogP contribution is -2.19. The maximum atomic E-state index is 11.9. The Hall–Kier alpha value is -2.73. The Morgan fingerprint density at radius 2 is 2.00 bits per heavy atom. The number of hydrazone groups is 1. The first-order valence-electron chi connectivity index (χ1n) is 8.50. The van der Waals surface area contributed by atoms with E-state index in [1.54, 1.807) is 25.1 Å². The van der Waals surface area contributed by atoms with Crippen molar-refractivity contribution < 1.29 is 19.4 Å². The van der Waals surface area contributed by atoms with Crippen LogP contribution in [0.25, 0.3) is 0 Å². The number of aryl methyl sites for hydroxylation is 1. The standard InChI is InChI=1S/C20H23ClN2O4/c1-13-11-16(21)7-9-18(13)27-10-4-5-20(25)23-22-14(2)15-6-8-17(24)19(12-15)26-3/h6-9,11-12,24H,4-5,10H2,1-3H3,(H,23,25)/b22-14+. The quantitative estimate of drug-likeness (QED) is 0.404. The number of carbonyl (C=O) groups excluding carboxylic acids is 1. The van der Waals surface area contributed by atoms with Crippen LogP contribution in [0.2, 0.25) is 5.02 Å². The average molecular weight is 391 g/mol. The molecule has 2 rings (SSSR count). The van der Waals surface area contributed by atoms with Gasteiger partial charge in [-0.25, -0.2) is 5.43 Å². The summed E-state index contributed by atoms with van der Waals surface area (Å²) in [5.41, 5.74) is 4.83. The van der Waals surface area contributed by atoms with Gasteiger partial charge in [0.1, 0.15) is 5.75 Å². The lowest BCUT2D eigenvalue weighted by atomic mass is 10.1. The minimum atomic E-state index is -0.198. The van der Waals surface area contributed by atoms with Crippen LogP contribution in [0, 0.1) is 6.92 Å². The maximum Gasteiger partial charge on any atom is 0.240 e. The first-order chi connectivity index (χ1) is 12.9. The van der Waals surface area contributed by atoms with Crippen molar-refractivity contribution in [1.82, 2.24) is 5.43 Å². The summed E-state index contributed by atoms with van der Waals surface area (Å²) in [6, 6.07) is 10.3. The summed E-state index contributed by atoms with van der Waals surface area (Å²) in [5, 5.41) is 14.4. The second-order valence-electron chi connectivity index (χ2n) is 5.98. The molecule has 0 spiro atoms. The van der Waals surface area contributed by atoms with Gasteiger partial charge in [-0.2, -0.15) is 5.10 Å². The number of benzene rings is 2. The first kappa shape index (κ1) is 20.6. The molecule has 2 aromatic carbocycles. The van der Waals surface area contributed by atoms with Crippen molar-refractivity contribution in [3.05, 3.63) is 52.5 Å². The Labute approximate surface area is 163 Å². The van der Waals surface area contributed by atoms with Crippen LogP contribution in [-0.2, 0) is 4.79 Å². The lowest BCUT2D eigenvalue weighted by Gasteiger charge is -2.09. The van der Waals surface area contributed by atoms with Gasteiger partial charge in [-0.05, 0) is 62.2 Å². The summed E-state index contributed by atoms with van der Waals surface area (Å²) in [5.74, 6) is 0.962. The van der Waals surface area contributed by atoms with E-state index in [4.69, 9.17) is 21.1 Å². The first-order valence-corrected chi connectivity index (χ1v) is 8.88. The molecule has 0 bridgehead atoms. The molecule has 2 aromatic rings. The van der Waals surface area contributed by atoms with Crippen LogP contribution in [-0.4, -0.2) is 30.4 Å². The third kappa shape index (κ3) is 6.18. The molecule has 0 atom stereocenters. The fourth-order valence-corrected chi connectivity index (χ4v) is 2.59. The Balaban J connectivity index is 1.79. The average Bonchev–Trinajstić information content (AvgIpc) is 2.65. The monoisotopic (exact) mass is 390 g/mol. The maximum absolute atomic E-state index is 11.9. The number of carbonyl (C=O) groups is 1. The molecule has 0 aliphatic carbocycles. The number of methoxy groups -OCH3 is 1. The highest BCUT2D eigenvalue weighted by Crippen LogP contribution is 2.26. The number of hydrogen-bond acceptors (Lipinski definition) is 5. The third-order valence-electron chi connectivity index (χ3n) is 3.89. The van der Waals surface area contributed by atoms with E-state index in [0.717, 1.165) is 16.9 Å². The smallest absolute Gasteiger partial charge is 0.240 e. The molecule has 0 radical (unpaired) electrons. The fourth-order valence-electron chi connectivity index (χ4n) is 2.36. The van der Waals surface area contributed by atoms with Crippen LogP contribution < -0.4 is 14.9 Å². The zero-order valence-corrected chi connectivity index (χ0v) is 16.3. The number of hydrogen-bond donors (Lipinski definition) is 2. The van der Waals surface area contributed by atoms with E-state index >= 15 is 0 Å². The molecule has 0 heterocycles. The highest BCUT2D eigenvalue weighted by molar-refractivity contribution is 6.30. The van der Waals surface area contributed by atoms with Gasteiger partial charge in [-0.1, -0.05) is 11.6 Å². The van der Waals surface area contributed by atoms with Gasteiger partial charge in [0, 0.05) is 17.0 Å². The Kier molecular flexibility index (Phi) is 7.49. The number of aromatic hydroxyl groups is 1. The molecule has 1 amide bonds. The Morgan fingerprint density at radius 1 is 1.22 bits per heavy atom. The molecule has 0 saturated heterocycles. The molecular formula is C20H23ClN2O4. The van der Waals surface area contributed by atoms with E-state index in [-0.39, 0.29) is 11.7 Å². The minimum Gasteiger partial charge on any atom is -0.504 e. The molecule has 0 fully saturated rings. The predicted octanol–water partition coefficient (Wildman–Crippen LogP) is 4.06. The van der Waals surface area contributed by atoms with Crippen LogP contribution in [0.3, 0.4) is 0 Å². The van der Waals surface area contributed by atoms with Gasteiger partial charge in [0.25, 0.3) is 0 Å². The normalized spacial score (nSPS) is 11.2. The van der Waals surface area contributed by atoms with Crippen LogP contribution in [0.5, 0.6) is 17.2 Å². The molecule has 7 heteroatoms. The molecule has 0 unspecified atom stereocenters. The van der Waals surface area contributed by atoms with Gasteiger partial charge in [0.2, 0.25) is 5.91 Å². The van der Waals surface area contributed by atoms with Gasteiger partial charge in [0.15, 0.2) is 11.5 Å². The zero-order chi connectivity index (χ0) is 19.8. The summed E-state index contributed by atoms with van der Waals surface area (Å²) in [7, 11) is 1.47. The van der Waals surface area contributed by atoms with Gasteiger partial charge in [0.05, 0.1) is 19.4 Å². The third-order valence-corrected chi connectivity index (χ3v) is 4.12. The number of ether oxygens (including phenoxy) is 2. The molecule has 0 saturated carbocycles. The molecular weight excluding hydrogens is 368 g/mol. The van der Waals surface area contributed by atoms with Crippen LogP contribution in [0.1, 0.15) is 30.9 Å². The van der Waals surface area contributed by atoms with Crippen molar-refractivity contribution in [2.24, 2.45) is 5.10 Å². The molecule has 2 N–H and O–H groups in total. The van der Waals surface area contributed by atoms with E-state index in [2.05, 4.69) is 10.5 Å². The second kappa shape index (κ2) is 9.83. The van der Waals surface area contributed by atoms with Crippen molar-refractivity contribution >= 4 is 23.2 Å². The van der Waals surface area contributed by atoms with Crippen molar-refractivity contribution in [1.29, 1.82) is 0 Å². The number of phenols is 1. The number of phenolic OH excluding ortho intramolecular Hbond substituents is 1. The summed E-state index contributed by atoms with van der Waals surface area (Å²) >= 11 is 5.91. The minimum absolute atomic E-state index is 0.0500. The van der Waals surface area contributed by atoms with Crippen molar-refractivity contribution in [3.8, 4) is 17.2 Å². The number of rotatable bonds is 8. The van der Waals surface area contributed by atoms with Crippen molar-refractivity contribution in [3.63, 3.8) is 0 Å². The summed E-state index contributed by atoms with van der Waals surface area (Å²) in [6.07, 6.45) is 0.859. The number of amides is 1. The van der Waals surface area contributed by atoms with Crippen molar-refractivity contribution in [2.45, 2.75) is 26.7 Å². The fraction of sp³-hybridized carbons (Fsp3) is 0.300. The molecule has 0 aliphatic heterocycles. The van der Waals surface area contributed by atoms with Crippen LogP contribution in [0.4, 0.5) is 0 Å². The topological polar surface area (TPSA) is 80.2 Å². The molecule has 27 heavy (non-hydrogen) atoms. The van der Waals surface area contributed by atoms with E-state index in [9.17, 15) is 9.90 Å². The van der Waals surface area contributed by atoms with Crippen molar-refractivity contribution in [2.75, 3.05) is 13.7 Å². The molecule has 6 nitrogen and oxygen atoms in total. The number of halogens is 1. The number of nitrogens with zero attached hydrogens (tertiary/aromatic N) is 1. The molecule has 0 aromatic heterocycles. The highest BCUT2D eigenvalue weighted by atomic mass is 35.5. The van der Waals surface area contributed by atoms with Gasteiger partial charge in [-0.3, -0.25) is 4.79 Å². The second-order valence-corrected chi connectivity index (χ2v) is 6.42.